The molecule has 0 aliphatic heterocycles. The molecular weight excluding hydrogens is 1720 g/mol. The van der Waals surface area contributed by atoms with Gasteiger partial charge in [-0.1, -0.05) is 376 Å². The van der Waals surface area contributed by atoms with Crippen LogP contribution in [0.1, 0.15) is 0 Å². The Labute approximate surface area is 801 Å². The summed E-state index contributed by atoms with van der Waals surface area (Å²) in [5.74, 6) is 3.25. The fraction of sp³-hybridized carbons (Fsp3) is 0. The van der Waals surface area contributed by atoms with Gasteiger partial charge in [-0.2, -0.15) is 0 Å². The molecule has 0 atom stereocenters. The van der Waals surface area contributed by atoms with Crippen LogP contribution in [0.25, 0.3) is 252 Å². The molecule has 0 saturated carbocycles. The molecule has 0 saturated heterocycles. The Balaban J connectivity index is 0.000000107. The second-order valence-electron chi connectivity index (χ2n) is 34.6. The van der Waals surface area contributed by atoms with Crippen LogP contribution in [-0.2, 0) is 0 Å². The Morgan fingerprint density at radius 1 is 0.159 bits per heavy atom. The molecule has 0 aliphatic rings. The van der Waals surface area contributed by atoms with E-state index in [4.69, 9.17) is 34.9 Å². The third-order valence-corrected chi connectivity index (χ3v) is 28.9. The quantitative estimate of drug-likeness (QED) is 0.113. The second-order valence-corrected chi connectivity index (χ2v) is 36.7. The van der Waals surface area contributed by atoms with Gasteiger partial charge in [0.1, 0.15) is 0 Å². The topological polar surface area (TPSA) is 110 Å². The van der Waals surface area contributed by atoms with E-state index in [0.717, 1.165) is 112 Å². The zero-order valence-corrected chi connectivity index (χ0v) is 76.0. The van der Waals surface area contributed by atoms with Crippen LogP contribution < -0.4 is 0 Å². The number of nitrogens with zero attached hydrogens (tertiary/aromatic N) is 11. The maximum absolute atomic E-state index is 5.25. The van der Waals surface area contributed by atoms with Gasteiger partial charge in [0.15, 0.2) is 17.5 Å². The van der Waals surface area contributed by atoms with Crippen molar-refractivity contribution in [3.05, 3.63) is 479 Å². The highest BCUT2D eigenvalue weighted by Crippen LogP contribution is 2.48. The van der Waals surface area contributed by atoms with Gasteiger partial charge >= 0.3 is 0 Å². The molecule has 11 nitrogen and oxygen atoms in total. The summed E-state index contributed by atoms with van der Waals surface area (Å²) in [7, 11) is 0. The molecule has 9 aromatic heterocycles. The molecule has 138 heavy (non-hydrogen) atoms. The van der Waals surface area contributed by atoms with Crippen LogP contribution >= 0.6 is 22.7 Å². The third-order valence-electron chi connectivity index (χ3n) is 26.4. The smallest absolute Gasteiger partial charge is 0.235 e. The van der Waals surface area contributed by atoms with Gasteiger partial charge in [0.25, 0.3) is 0 Å². The summed E-state index contributed by atoms with van der Waals surface area (Å²) in [6, 6.07) is 169. The van der Waals surface area contributed by atoms with E-state index in [1.807, 2.05) is 108 Å². The highest BCUT2D eigenvalue weighted by molar-refractivity contribution is 7.27. The molecule has 19 aromatic carbocycles. The van der Waals surface area contributed by atoms with Gasteiger partial charge in [-0.3, -0.25) is 9.13 Å². The van der Waals surface area contributed by atoms with Crippen molar-refractivity contribution in [1.82, 2.24) is 53.2 Å². The lowest BCUT2D eigenvalue weighted by molar-refractivity contribution is 0.995. The van der Waals surface area contributed by atoms with Crippen LogP contribution in [0.2, 0.25) is 0 Å². The molecular formula is C125H79N11S2. The zero-order chi connectivity index (χ0) is 91.1. The molecule has 0 spiro atoms. The van der Waals surface area contributed by atoms with Crippen molar-refractivity contribution >= 4 is 150 Å². The molecule has 9 heterocycles. The first kappa shape index (κ1) is 80.8. The molecule has 28 rings (SSSR count). The third kappa shape index (κ3) is 14.3. The molecule has 0 fully saturated rings. The number of rotatable bonds is 13. The molecule has 0 radical (unpaired) electrons. The van der Waals surface area contributed by atoms with Crippen LogP contribution in [0.4, 0.5) is 0 Å². The summed E-state index contributed by atoms with van der Waals surface area (Å²) < 4.78 is 14.4. The number of hydrogen-bond donors (Lipinski definition) is 0. The summed E-state index contributed by atoms with van der Waals surface area (Å²) >= 11 is 3.73. The Hall–Kier alpha value is -18.0. The van der Waals surface area contributed by atoms with E-state index >= 15 is 0 Å². The minimum atomic E-state index is 0.633. The first-order valence-corrected chi connectivity index (χ1v) is 47.9. The second kappa shape index (κ2) is 34.2. The highest BCUT2D eigenvalue weighted by Gasteiger charge is 2.26. The van der Waals surface area contributed by atoms with Gasteiger partial charge in [0.05, 0.1) is 66.9 Å². The number of fused-ring (bicyclic) bond motifs is 19. The molecule has 0 unspecified atom stereocenters. The summed E-state index contributed by atoms with van der Waals surface area (Å²) in [6.07, 6.45) is 0. The lowest BCUT2D eigenvalue weighted by Gasteiger charge is -2.12. The predicted octanol–water partition coefficient (Wildman–Crippen LogP) is 33.0. The van der Waals surface area contributed by atoms with Crippen LogP contribution in [0.3, 0.4) is 0 Å². The number of hydrogen-bond acceptors (Lipinski definition) is 9. The molecule has 0 bridgehead atoms. The Morgan fingerprint density at radius 2 is 0.493 bits per heavy atom. The molecule has 28 aromatic rings. The van der Waals surface area contributed by atoms with Crippen molar-refractivity contribution < 1.29 is 0 Å². The first-order chi connectivity index (χ1) is 68.4. The molecule has 13 heteroatoms. The first-order valence-electron chi connectivity index (χ1n) is 46.3. The van der Waals surface area contributed by atoms with E-state index < -0.39 is 0 Å². The number of benzene rings is 19. The van der Waals surface area contributed by atoms with Crippen molar-refractivity contribution in [2.24, 2.45) is 0 Å². The van der Waals surface area contributed by atoms with Crippen molar-refractivity contribution in [3.8, 4) is 125 Å². The maximum Gasteiger partial charge on any atom is 0.235 e. The van der Waals surface area contributed by atoms with Crippen molar-refractivity contribution in [3.63, 3.8) is 0 Å². The summed E-state index contributed by atoms with van der Waals surface area (Å²) in [6.45, 7) is 0. The lowest BCUT2D eigenvalue weighted by Crippen LogP contribution is -2.04. The number of aromatic nitrogens is 11. The largest absolute Gasteiger partial charge is 0.309 e. The minimum absolute atomic E-state index is 0.633. The zero-order valence-electron chi connectivity index (χ0n) is 74.3. The van der Waals surface area contributed by atoms with E-state index in [9.17, 15) is 0 Å². The van der Waals surface area contributed by atoms with E-state index in [1.165, 1.54) is 111 Å². The molecule has 0 aliphatic carbocycles. The average Bonchev–Trinajstić information content (AvgIpc) is 1.44. The van der Waals surface area contributed by atoms with E-state index in [-0.39, 0.29) is 0 Å². The lowest BCUT2D eigenvalue weighted by atomic mass is 10.0. The standard InChI is InChI=1S/C45H29N5.2C40H25N3S/c1-3-14-30(15-4-1)43-46-44(31-16-5-2-6-17-31)48-45(47-43)32-18-13-19-33(28-32)49-41-25-12-9-22-37(41)38-29-34(26-27-42(38)49)50-39-23-10-7-20-35(39)36-21-8-11-24-40(36)50;1-4-12-26(13-5-1)29-20-21-32-36(24-29)43(35-23-22-31-30-18-10-11-19-37(30)44-39(31)38(32)35)40-41-33(27-14-6-2-7-15-27)25-34(42-40)28-16-8-3-9-17-28;1-3-12-26(13-4-1)34-25-35(27-14-5-2-6-15-27)42-40(41-34)43-36-20-9-7-16-30(36)33-24-28(22-23-37(33)43)29-18-11-19-32-31-17-8-10-21-38(31)44-39(29)32/h1-29H;2*1-25H. The maximum atomic E-state index is 5.25. The van der Waals surface area contributed by atoms with Gasteiger partial charge in [-0.15, -0.1) is 22.7 Å². The average molecular weight is 1800 g/mol. The van der Waals surface area contributed by atoms with E-state index in [2.05, 4.69) is 413 Å². The Kier molecular flexibility index (Phi) is 20.0. The Bertz CT molecular complexity index is 9360. The summed E-state index contributed by atoms with van der Waals surface area (Å²) in [5, 5.41) is 14.9. The van der Waals surface area contributed by atoms with Crippen molar-refractivity contribution in [1.29, 1.82) is 0 Å². The van der Waals surface area contributed by atoms with Crippen molar-refractivity contribution in [2.75, 3.05) is 0 Å². The van der Waals surface area contributed by atoms with Gasteiger partial charge < -0.3 is 9.13 Å². The molecule has 646 valence electrons. The highest BCUT2D eigenvalue weighted by atomic mass is 32.1. The van der Waals surface area contributed by atoms with E-state index in [0.29, 0.717) is 29.4 Å². The van der Waals surface area contributed by atoms with Gasteiger partial charge in [-0.25, -0.2) is 34.9 Å². The van der Waals surface area contributed by atoms with Crippen LogP contribution in [0.5, 0.6) is 0 Å². The normalized spacial score (nSPS) is 11.6. The monoisotopic (exact) mass is 1800 g/mol. The summed E-state index contributed by atoms with van der Waals surface area (Å²) in [4.78, 5) is 35.7. The van der Waals surface area contributed by atoms with Crippen LogP contribution in [0.15, 0.2) is 479 Å². The SMILES string of the molecule is c1ccc(-c2cc(-c3ccccc3)nc(-n3c4ccccc4c4cc(-c5cccc6c5sc5ccccc56)ccc43)n2)cc1.c1ccc(-c2ccc3c4c5sc6ccccc6c5ccc4n(-c4nc(-c5ccccc5)cc(-c5ccccc5)n4)c3c2)cc1.c1ccc(-c2nc(-c3ccccc3)nc(-c3cccc(-n4c5ccccc5c5cc(-n6c7ccccc7c7ccccc76)ccc54)c3)n2)cc1. The minimum Gasteiger partial charge on any atom is -0.309 e. The Morgan fingerprint density at radius 3 is 0.993 bits per heavy atom. The van der Waals surface area contributed by atoms with Gasteiger partial charge in [-0.05, 0) is 125 Å². The fourth-order valence-electron chi connectivity index (χ4n) is 20.0. The molecule has 0 N–H and O–H groups in total. The fourth-order valence-corrected chi connectivity index (χ4v) is 22.5. The molecule has 0 amide bonds. The van der Waals surface area contributed by atoms with Crippen LogP contribution in [-0.4, -0.2) is 53.2 Å². The number of para-hydroxylation sites is 4. The van der Waals surface area contributed by atoms with Gasteiger partial charge in [0, 0.05) is 134 Å². The predicted molar refractivity (Wildman–Crippen MR) is 576 cm³/mol. The van der Waals surface area contributed by atoms with Crippen LogP contribution in [0, 0.1) is 0 Å². The number of thiophene rings is 2. The summed E-state index contributed by atoms with van der Waals surface area (Å²) in [5.41, 5.74) is 26.7. The van der Waals surface area contributed by atoms with Gasteiger partial charge in [0.2, 0.25) is 11.9 Å². The van der Waals surface area contributed by atoms with E-state index in [1.54, 1.807) is 0 Å². The van der Waals surface area contributed by atoms with Crippen molar-refractivity contribution in [2.45, 2.75) is 0 Å².